The number of ether oxygens (including phenoxy) is 3. The molecule has 1 aromatic heterocycles. The molecule has 0 radical (unpaired) electrons. The number of piperidine rings is 1. The zero-order valence-corrected chi connectivity index (χ0v) is 26.3. The molecule has 9 nitrogen and oxygen atoms in total. The lowest BCUT2D eigenvalue weighted by atomic mass is 9.77. The van der Waals surface area contributed by atoms with Gasteiger partial charge in [0.1, 0.15) is 23.0 Å². The molecule has 1 N–H and O–H groups in total. The van der Waals surface area contributed by atoms with Crippen LogP contribution >= 0.6 is 11.3 Å². The number of nitrogens with zero attached hydrogens (tertiary/aromatic N) is 2. The Morgan fingerprint density at radius 3 is 2.54 bits per heavy atom. The minimum absolute atomic E-state index is 0.0767. The molecular weight excluding hydrogens is 562 g/mol. The lowest BCUT2D eigenvalue weighted by Gasteiger charge is -2.37. The number of benzene rings is 1. The first-order valence-electron chi connectivity index (χ1n) is 14.5. The lowest BCUT2D eigenvalue weighted by molar-refractivity contribution is -0.126. The zero-order valence-electron chi connectivity index (χ0n) is 24.7. The van der Waals surface area contributed by atoms with E-state index in [4.69, 9.17) is 14.2 Å². The predicted octanol–water partition coefficient (Wildman–Crippen LogP) is 4.55. The van der Waals surface area contributed by atoms with E-state index < -0.39 is 10.0 Å². The average molecular weight is 608 g/mol. The molecule has 1 aromatic carbocycles. The summed E-state index contributed by atoms with van der Waals surface area (Å²) in [4.78, 5) is 16.5. The molecule has 0 bridgehead atoms. The average Bonchev–Trinajstić information content (AvgIpc) is 3.50. The number of sulfonamides is 1. The molecule has 1 amide bonds. The van der Waals surface area contributed by atoms with Crippen molar-refractivity contribution < 1.29 is 27.4 Å². The molecule has 11 heteroatoms. The molecule has 1 aliphatic carbocycles. The van der Waals surface area contributed by atoms with E-state index in [1.54, 1.807) is 12.1 Å². The third kappa shape index (κ3) is 8.01. The van der Waals surface area contributed by atoms with Gasteiger partial charge in [0.05, 0.1) is 20.8 Å². The Morgan fingerprint density at radius 2 is 1.88 bits per heavy atom. The van der Waals surface area contributed by atoms with E-state index in [1.165, 1.54) is 29.5 Å². The van der Waals surface area contributed by atoms with Crippen LogP contribution in [-0.2, 0) is 19.6 Å². The maximum atomic E-state index is 13.6. The summed E-state index contributed by atoms with van der Waals surface area (Å²) in [6.07, 6.45) is 6.89. The molecule has 2 aliphatic rings. The molecule has 2 heterocycles. The maximum Gasteiger partial charge on any atom is 0.247 e. The first-order chi connectivity index (χ1) is 19.7. The van der Waals surface area contributed by atoms with E-state index in [2.05, 4.69) is 41.8 Å². The van der Waals surface area contributed by atoms with Crippen molar-refractivity contribution in [2.75, 3.05) is 54.6 Å². The van der Waals surface area contributed by atoms with Gasteiger partial charge >= 0.3 is 0 Å². The summed E-state index contributed by atoms with van der Waals surface area (Å²) in [5.41, 5.74) is 0. The fourth-order valence-electron chi connectivity index (χ4n) is 6.24. The standard InChI is InChI=1S/C30H45N3O6S2/c1-32(2)30(27-9-7-17-40-27)23-12-10-22(11-13-23)19-31-29(34)21-39-20-24-8-5-6-16-33(24)41(35,36)28-15-14-25(37-3)18-26(28)38-4/h7,9,14-15,17-18,22-24,30H,5-6,8,10-13,16,19-21H2,1-4H3,(H,31,34). The number of carbonyl (C=O) groups is 1. The number of nitrogens with one attached hydrogen (secondary N) is 1. The quantitative estimate of drug-likeness (QED) is 0.357. The number of rotatable bonds is 13. The minimum Gasteiger partial charge on any atom is -0.497 e. The van der Waals surface area contributed by atoms with Crippen molar-refractivity contribution in [2.24, 2.45) is 11.8 Å². The van der Waals surface area contributed by atoms with Crippen molar-refractivity contribution in [1.82, 2.24) is 14.5 Å². The summed E-state index contributed by atoms with van der Waals surface area (Å²) in [5.74, 6) is 1.71. The smallest absolute Gasteiger partial charge is 0.247 e. The first kappa shape index (κ1) is 31.7. The molecule has 0 spiro atoms. The Hall–Kier alpha value is -2.18. The summed E-state index contributed by atoms with van der Waals surface area (Å²) in [6, 6.07) is 9.19. The first-order valence-corrected chi connectivity index (χ1v) is 16.8. The molecule has 1 saturated carbocycles. The Bertz CT molecular complexity index is 1210. The maximum absolute atomic E-state index is 13.6. The molecule has 4 rings (SSSR count). The number of hydrogen-bond donors (Lipinski definition) is 1. The van der Waals surface area contributed by atoms with Crippen molar-refractivity contribution in [1.29, 1.82) is 0 Å². The molecule has 2 unspecified atom stereocenters. The molecule has 2 aromatic rings. The van der Waals surface area contributed by atoms with Crippen molar-refractivity contribution >= 4 is 27.3 Å². The molecule has 2 atom stereocenters. The number of carbonyl (C=O) groups excluding carboxylic acids is 1. The highest BCUT2D eigenvalue weighted by molar-refractivity contribution is 7.89. The van der Waals surface area contributed by atoms with E-state index in [1.807, 2.05) is 11.3 Å². The number of thiophene rings is 1. The molecule has 228 valence electrons. The topological polar surface area (TPSA) is 97.4 Å². The Kier molecular flexibility index (Phi) is 11.5. The highest BCUT2D eigenvalue weighted by atomic mass is 32.2. The zero-order chi connectivity index (χ0) is 29.4. The molecule has 41 heavy (non-hydrogen) atoms. The predicted molar refractivity (Wildman–Crippen MR) is 161 cm³/mol. The lowest BCUT2D eigenvalue weighted by Crippen LogP contribution is -2.46. The summed E-state index contributed by atoms with van der Waals surface area (Å²) < 4.78 is 45.0. The summed E-state index contributed by atoms with van der Waals surface area (Å²) in [5, 5.41) is 5.20. The fourth-order valence-corrected chi connectivity index (χ4v) is 9.08. The van der Waals surface area contributed by atoms with Gasteiger partial charge in [0, 0.05) is 36.1 Å². The highest BCUT2D eigenvalue weighted by Gasteiger charge is 2.36. The van der Waals surface area contributed by atoms with E-state index in [9.17, 15) is 13.2 Å². The SMILES string of the molecule is COc1ccc(S(=O)(=O)N2CCCCC2COCC(=O)NCC2CCC(C(c3cccs3)N(C)C)CC2)c(OC)c1. The third-order valence-corrected chi connectivity index (χ3v) is 11.3. The second-order valence-electron chi connectivity index (χ2n) is 11.3. The van der Waals surface area contributed by atoms with Gasteiger partial charge in [-0.05, 0) is 88.0 Å². The van der Waals surface area contributed by atoms with Gasteiger partial charge in [-0.1, -0.05) is 12.5 Å². The normalized spacial score (nSPS) is 22.8. The van der Waals surface area contributed by atoms with E-state index in [0.717, 1.165) is 38.5 Å². The summed E-state index contributed by atoms with van der Waals surface area (Å²) >= 11 is 1.83. The van der Waals surface area contributed by atoms with Gasteiger partial charge in [-0.25, -0.2) is 8.42 Å². The van der Waals surface area contributed by atoms with Crippen molar-refractivity contribution in [3.63, 3.8) is 0 Å². The largest absolute Gasteiger partial charge is 0.497 e. The summed E-state index contributed by atoms with van der Waals surface area (Å²) in [6.45, 7) is 1.15. The number of amides is 1. The summed E-state index contributed by atoms with van der Waals surface area (Å²) in [7, 11) is 3.48. The Labute approximate surface area is 249 Å². The third-order valence-electron chi connectivity index (χ3n) is 8.39. The minimum atomic E-state index is -3.82. The molecule has 1 saturated heterocycles. The fraction of sp³-hybridized carbons (Fsp3) is 0.633. The second-order valence-corrected chi connectivity index (χ2v) is 14.1. The van der Waals surface area contributed by atoms with Crippen LogP contribution in [0.1, 0.15) is 55.9 Å². The van der Waals surface area contributed by atoms with Gasteiger partial charge in [0.2, 0.25) is 15.9 Å². The van der Waals surface area contributed by atoms with Crippen molar-refractivity contribution in [3.8, 4) is 11.5 Å². The van der Waals surface area contributed by atoms with Crippen LogP contribution in [0.25, 0.3) is 0 Å². The van der Waals surface area contributed by atoms with Crippen LogP contribution < -0.4 is 14.8 Å². The van der Waals surface area contributed by atoms with Crippen molar-refractivity contribution in [2.45, 2.75) is 61.9 Å². The van der Waals surface area contributed by atoms with Gasteiger partial charge in [0.25, 0.3) is 0 Å². The van der Waals surface area contributed by atoms with Crippen molar-refractivity contribution in [3.05, 3.63) is 40.6 Å². The van der Waals surface area contributed by atoms with Gasteiger partial charge < -0.3 is 24.4 Å². The number of hydrogen-bond acceptors (Lipinski definition) is 8. The van der Waals surface area contributed by atoms with E-state index in [0.29, 0.717) is 43.1 Å². The van der Waals surface area contributed by atoms with Crippen LogP contribution in [0, 0.1) is 11.8 Å². The van der Waals surface area contributed by atoms with Crippen LogP contribution in [0.5, 0.6) is 11.5 Å². The second kappa shape index (κ2) is 14.8. The monoisotopic (exact) mass is 607 g/mol. The highest BCUT2D eigenvalue weighted by Crippen LogP contribution is 2.40. The van der Waals surface area contributed by atoms with E-state index in [-0.39, 0.29) is 35.8 Å². The van der Waals surface area contributed by atoms with Crippen LogP contribution in [0.15, 0.2) is 40.6 Å². The molecular formula is C30H45N3O6S2. The van der Waals surface area contributed by atoms with Gasteiger partial charge in [-0.2, -0.15) is 4.31 Å². The number of methoxy groups -OCH3 is 2. The van der Waals surface area contributed by atoms with Crippen LogP contribution in [0.4, 0.5) is 0 Å². The van der Waals surface area contributed by atoms with Crippen LogP contribution in [-0.4, -0.2) is 84.2 Å². The Morgan fingerprint density at radius 1 is 1.10 bits per heavy atom. The van der Waals surface area contributed by atoms with E-state index >= 15 is 0 Å². The Balaban J connectivity index is 1.23. The van der Waals surface area contributed by atoms with Crippen LogP contribution in [0.3, 0.4) is 0 Å². The van der Waals surface area contributed by atoms with Gasteiger partial charge in [-0.15, -0.1) is 11.3 Å². The molecule has 1 aliphatic heterocycles. The molecule has 2 fully saturated rings. The van der Waals surface area contributed by atoms with Gasteiger partial charge in [-0.3, -0.25) is 4.79 Å². The van der Waals surface area contributed by atoms with Crippen LogP contribution in [0.2, 0.25) is 0 Å². The van der Waals surface area contributed by atoms with Gasteiger partial charge in [0.15, 0.2) is 0 Å².